The van der Waals surface area contributed by atoms with Crippen LogP contribution in [0.15, 0.2) is 42.7 Å². The van der Waals surface area contributed by atoms with E-state index in [-0.39, 0.29) is 11.2 Å². The van der Waals surface area contributed by atoms with Gasteiger partial charge in [0.1, 0.15) is 18.2 Å². The second-order valence-corrected chi connectivity index (χ2v) is 8.36. The van der Waals surface area contributed by atoms with Gasteiger partial charge in [-0.2, -0.15) is 0 Å². The summed E-state index contributed by atoms with van der Waals surface area (Å²) in [6.07, 6.45) is 3.97. The fourth-order valence-corrected chi connectivity index (χ4v) is 3.06. The second-order valence-electron chi connectivity index (χ2n) is 8.36. The Morgan fingerprint density at radius 1 is 1.22 bits per heavy atom. The molecule has 0 aliphatic heterocycles. The van der Waals surface area contributed by atoms with Gasteiger partial charge in [0.2, 0.25) is 0 Å². The van der Waals surface area contributed by atoms with Crippen LogP contribution in [0.5, 0.6) is 5.75 Å². The standard InChI is InChI=1S/C21H25FN2O3/c1-20(2,3)13-24(19(25)26)21(8-9-21)14-27-18-10-16(11-23-12-18)15-4-6-17(22)7-5-15/h4-7,10-12H,8-9,13-14H2,1-3H3,(H,25,26). The van der Waals surface area contributed by atoms with E-state index < -0.39 is 11.6 Å². The smallest absolute Gasteiger partial charge is 0.407 e. The SMILES string of the molecule is CC(C)(C)CN(C(=O)O)C1(COc2cncc(-c3ccc(F)cc3)c2)CC1. The molecule has 1 saturated carbocycles. The quantitative estimate of drug-likeness (QED) is 0.789. The lowest BCUT2D eigenvalue weighted by atomic mass is 9.95. The van der Waals surface area contributed by atoms with Gasteiger partial charge in [-0.15, -0.1) is 0 Å². The number of aromatic nitrogens is 1. The highest BCUT2D eigenvalue weighted by Crippen LogP contribution is 2.43. The van der Waals surface area contributed by atoms with Gasteiger partial charge in [-0.05, 0) is 42.0 Å². The number of pyridine rings is 1. The van der Waals surface area contributed by atoms with Crippen LogP contribution in [0.25, 0.3) is 11.1 Å². The van der Waals surface area contributed by atoms with Gasteiger partial charge in [0.25, 0.3) is 0 Å². The maximum atomic E-state index is 13.1. The highest BCUT2D eigenvalue weighted by molar-refractivity contribution is 5.67. The van der Waals surface area contributed by atoms with Gasteiger partial charge in [-0.1, -0.05) is 32.9 Å². The minimum atomic E-state index is -0.913. The summed E-state index contributed by atoms with van der Waals surface area (Å²) in [4.78, 5) is 17.5. The van der Waals surface area contributed by atoms with Crippen molar-refractivity contribution in [3.8, 4) is 16.9 Å². The van der Waals surface area contributed by atoms with E-state index in [1.807, 2.05) is 26.8 Å². The van der Waals surface area contributed by atoms with E-state index in [9.17, 15) is 14.3 Å². The Kier molecular flexibility index (Phi) is 5.09. The molecular weight excluding hydrogens is 347 g/mol. The Morgan fingerprint density at radius 3 is 2.44 bits per heavy atom. The van der Waals surface area contributed by atoms with E-state index >= 15 is 0 Å². The lowest BCUT2D eigenvalue weighted by molar-refractivity contribution is 0.0719. The van der Waals surface area contributed by atoms with Crippen molar-refractivity contribution in [2.75, 3.05) is 13.2 Å². The third kappa shape index (κ3) is 4.76. The maximum Gasteiger partial charge on any atom is 0.407 e. The van der Waals surface area contributed by atoms with Gasteiger partial charge in [0, 0.05) is 18.3 Å². The molecule has 1 aliphatic rings. The number of hydrogen-bond acceptors (Lipinski definition) is 3. The summed E-state index contributed by atoms with van der Waals surface area (Å²) in [6, 6.07) is 8.02. The summed E-state index contributed by atoms with van der Waals surface area (Å²) in [6.45, 7) is 6.82. The summed E-state index contributed by atoms with van der Waals surface area (Å²) < 4.78 is 19.0. The van der Waals surface area contributed by atoms with E-state index in [2.05, 4.69) is 4.98 Å². The molecule has 5 nitrogen and oxygen atoms in total. The monoisotopic (exact) mass is 372 g/mol. The third-order valence-electron chi connectivity index (χ3n) is 4.66. The molecule has 6 heteroatoms. The molecular formula is C21H25FN2O3. The van der Waals surface area contributed by atoms with Gasteiger partial charge in [-0.3, -0.25) is 9.88 Å². The van der Waals surface area contributed by atoms with Crippen LogP contribution in [-0.2, 0) is 0 Å². The molecule has 0 atom stereocenters. The molecule has 0 saturated heterocycles. The highest BCUT2D eigenvalue weighted by Gasteiger charge is 2.52. The van der Waals surface area contributed by atoms with Crippen LogP contribution >= 0.6 is 0 Å². The number of carboxylic acid groups (broad SMARTS) is 1. The average molecular weight is 372 g/mol. The predicted molar refractivity (Wildman–Crippen MR) is 101 cm³/mol. The molecule has 1 N–H and O–H groups in total. The molecule has 144 valence electrons. The molecule has 3 rings (SSSR count). The Balaban J connectivity index is 1.72. The van der Waals surface area contributed by atoms with Crippen molar-refractivity contribution in [1.82, 2.24) is 9.88 Å². The van der Waals surface area contributed by atoms with Gasteiger partial charge in [0.05, 0.1) is 11.7 Å². The molecule has 0 unspecified atom stereocenters. The van der Waals surface area contributed by atoms with Crippen LogP contribution in [0.1, 0.15) is 33.6 Å². The second kappa shape index (κ2) is 7.18. The fourth-order valence-electron chi connectivity index (χ4n) is 3.06. The fraction of sp³-hybridized carbons (Fsp3) is 0.429. The Bertz CT molecular complexity index is 811. The Morgan fingerprint density at radius 2 is 1.89 bits per heavy atom. The summed E-state index contributed by atoms with van der Waals surface area (Å²) in [5, 5.41) is 9.65. The summed E-state index contributed by atoms with van der Waals surface area (Å²) in [7, 11) is 0. The molecule has 0 spiro atoms. The first-order valence-corrected chi connectivity index (χ1v) is 9.03. The van der Waals surface area contributed by atoms with Gasteiger partial charge >= 0.3 is 6.09 Å². The van der Waals surface area contributed by atoms with Crippen molar-refractivity contribution in [3.05, 3.63) is 48.5 Å². The zero-order valence-electron chi connectivity index (χ0n) is 15.9. The Labute approximate surface area is 158 Å². The molecule has 1 amide bonds. The van der Waals surface area contributed by atoms with E-state index in [1.165, 1.54) is 17.0 Å². The van der Waals surface area contributed by atoms with Crippen molar-refractivity contribution < 1.29 is 19.0 Å². The van der Waals surface area contributed by atoms with Crippen LogP contribution in [-0.4, -0.2) is 39.8 Å². The first-order chi connectivity index (χ1) is 12.7. The molecule has 27 heavy (non-hydrogen) atoms. The lowest BCUT2D eigenvalue weighted by Crippen LogP contribution is -2.48. The number of nitrogens with zero attached hydrogens (tertiary/aromatic N) is 2. The number of rotatable bonds is 6. The lowest BCUT2D eigenvalue weighted by Gasteiger charge is -2.34. The van der Waals surface area contributed by atoms with E-state index in [4.69, 9.17) is 4.74 Å². The van der Waals surface area contributed by atoms with Crippen LogP contribution in [0, 0.1) is 11.2 Å². The normalized spacial score (nSPS) is 15.3. The average Bonchev–Trinajstić information content (AvgIpc) is 3.39. The molecule has 1 aromatic carbocycles. The molecule has 1 fully saturated rings. The van der Waals surface area contributed by atoms with Crippen molar-refractivity contribution >= 4 is 6.09 Å². The third-order valence-corrected chi connectivity index (χ3v) is 4.66. The molecule has 1 aromatic heterocycles. The minimum absolute atomic E-state index is 0.127. The largest absolute Gasteiger partial charge is 0.490 e. The molecule has 1 heterocycles. The van der Waals surface area contributed by atoms with Gasteiger partial charge in [-0.25, -0.2) is 9.18 Å². The van der Waals surface area contributed by atoms with Crippen LogP contribution in [0.4, 0.5) is 9.18 Å². The summed E-state index contributed by atoms with van der Waals surface area (Å²) in [5.41, 5.74) is 1.07. The van der Waals surface area contributed by atoms with Crippen LogP contribution in [0.3, 0.4) is 0 Å². The number of benzene rings is 1. The van der Waals surface area contributed by atoms with Crippen LogP contribution < -0.4 is 4.74 Å². The first-order valence-electron chi connectivity index (χ1n) is 9.03. The van der Waals surface area contributed by atoms with Crippen molar-refractivity contribution in [1.29, 1.82) is 0 Å². The van der Waals surface area contributed by atoms with E-state index in [0.717, 1.165) is 24.0 Å². The zero-order valence-corrected chi connectivity index (χ0v) is 15.9. The summed E-state index contributed by atoms with van der Waals surface area (Å²) in [5.74, 6) is 0.284. The van der Waals surface area contributed by atoms with Gasteiger partial charge < -0.3 is 9.84 Å². The number of ether oxygens (including phenoxy) is 1. The number of halogens is 1. The molecule has 1 aliphatic carbocycles. The maximum absolute atomic E-state index is 13.1. The van der Waals surface area contributed by atoms with E-state index in [1.54, 1.807) is 24.5 Å². The van der Waals surface area contributed by atoms with Gasteiger partial charge in [0.15, 0.2) is 0 Å². The zero-order chi connectivity index (χ0) is 19.7. The number of carbonyl (C=O) groups is 1. The molecule has 0 radical (unpaired) electrons. The minimum Gasteiger partial charge on any atom is -0.490 e. The molecule has 2 aromatic rings. The van der Waals surface area contributed by atoms with Crippen molar-refractivity contribution in [2.45, 2.75) is 39.2 Å². The Hall–Kier alpha value is -2.63. The number of amides is 1. The molecule has 0 bridgehead atoms. The van der Waals surface area contributed by atoms with E-state index in [0.29, 0.717) is 18.9 Å². The van der Waals surface area contributed by atoms with Crippen LogP contribution in [0.2, 0.25) is 0 Å². The predicted octanol–water partition coefficient (Wildman–Crippen LogP) is 4.83. The van der Waals surface area contributed by atoms with Crippen molar-refractivity contribution in [3.63, 3.8) is 0 Å². The summed E-state index contributed by atoms with van der Waals surface area (Å²) >= 11 is 0. The number of hydrogen-bond donors (Lipinski definition) is 1. The highest BCUT2D eigenvalue weighted by atomic mass is 19.1. The van der Waals surface area contributed by atoms with Crippen molar-refractivity contribution in [2.24, 2.45) is 5.41 Å². The topological polar surface area (TPSA) is 62.7 Å². The first kappa shape index (κ1) is 19.1.